The molecule has 2 N–H and O–H groups in total. The Labute approximate surface area is 91.2 Å². The zero-order valence-electron chi connectivity index (χ0n) is 9.62. The maximum absolute atomic E-state index is 5.91. The van der Waals surface area contributed by atoms with Crippen LogP contribution >= 0.6 is 0 Å². The van der Waals surface area contributed by atoms with E-state index < -0.39 is 0 Å². The van der Waals surface area contributed by atoms with Crippen LogP contribution in [0.1, 0.15) is 18.9 Å². The largest absolute Gasteiger partial charge is 0.497 e. The summed E-state index contributed by atoms with van der Waals surface area (Å²) < 4.78 is 10.4. The van der Waals surface area contributed by atoms with E-state index in [-0.39, 0.29) is 6.04 Å². The molecule has 1 unspecified atom stereocenters. The molecule has 84 valence electrons. The molecule has 15 heavy (non-hydrogen) atoms. The summed E-state index contributed by atoms with van der Waals surface area (Å²) in [6.07, 6.45) is 1.82. The van der Waals surface area contributed by atoms with Crippen molar-refractivity contribution in [1.82, 2.24) is 0 Å². The van der Waals surface area contributed by atoms with E-state index in [1.54, 1.807) is 14.2 Å². The number of hydrogen-bond acceptors (Lipinski definition) is 3. The molecule has 3 nitrogen and oxygen atoms in total. The molecule has 0 aliphatic heterocycles. The number of benzene rings is 1. The summed E-state index contributed by atoms with van der Waals surface area (Å²) in [6, 6.07) is 6.05. The van der Waals surface area contributed by atoms with Crippen molar-refractivity contribution in [2.24, 2.45) is 5.73 Å². The van der Waals surface area contributed by atoms with E-state index in [0.29, 0.717) is 0 Å². The van der Waals surface area contributed by atoms with Crippen molar-refractivity contribution in [3.63, 3.8) is 0 Å². The Morgan fingerprint density at radius 1 is 1.13 bits per heavy atom. The summed E-state index contributed by atoms with van der Waals surface area (Å²) in [6.45, 7) is 2.09. The first-order valence-corrected chi connectivity index (χ1v) is 5.17. The number of methoxy groups -OCH3 is 2. The third-order valence-corrected chi connectivity index (χ3v) is 2.43. The lowest BCUT2D eigenvalue weighted by Crippen LogP contribution is -2.21. The summed E-state index contributed by atoms with van der Waals surface area (Å²) in [4.78, 5) is 0. The van der Waals surface area contributed by atoms with Crippen molar-refractivity contribution in [3.05, 3.63) is 23.8 Å². The SMILES string of the molecule is CCC(N)Cc1cc(OC)cc(OC)c1. The molecular weight excluding hydrogens is 190 g/mol. The van der Waals surface area contributed by atoms with Crippen molar-refractivity contribution in [2.45, 2.75) is 25.8 Å². The Hall–Kier alpha value is -1.22. The Kier molecular flexibility index (Phi) is 4.43. The molecule has 0 saturated carbocycles. The van der Waals surface area contributed by atoms with Gasteiger partial charge in [0.2, 0.25) is 0 Å². The van der Waals surface area contributed by atoms with Gasteiger partial charge in [0.1, 0.15) is 11.5 Å². The van der Waals surface area contributed by atoms with Crippen molar-refractivity contribution in [3.8, 4) is 11.5 Å². The lowest BCUT2D eigenvalue weighted by atomic mass is 10.0. The first kappa shape index (κ1) is 11.9. The minimum atomic E-state index is 0.196. The van der Waals surface area contributed by atoms with Crippen LogP contribution < -0.4 is 15.2 Å². The standard InChI is InChI=1S/C12H19NO2/c1-4-10(13)5-9-6-11(14-2)8-12(7-9)15-3/h6-8,10H,4-5,13H2,1-3H3. The van der Waals surface area contributed by atoms with Crippen molar-refractivity contribution in [2.75, 3.05) is 14.2 Å². The highest BCUT2D eigenvalue weighted by Gasteiger charge is 2.05. The average molecular weight is 209 g/mol. The summed E-state index contributed by atoms with van der Waals surface area (Å²) in [5.74, 6) is 1.63. The predicted octanol–water partition coefficient (Wildman–Crippen LogP) is 1.98. The van der Waals surface area contributed by atoms with Gasteiger partial charge in [0, 0.05) is 12.1 Å². The fraction of sp³-hybridized carbons (Fsp3) is 0.500. The predicted molar refractivity (Wildman–Crippen MR) is 61.5 cm³/mol. The Balaban J connectivity index is 2.86. The van der Waals surface area contributed by atoms with E-state index in [2.05, 4.69) is 6.92 Å². The molecule has 0 amide bonds. The van der Waals surface area contributed by atoms with Gasteiger partial charge < -0.3 is 15.2 Å². The molecule has 0 bridgehead atoms. The van der Waals surface area contributed by atoms with E-state index in [1.165, 1.54) is 0 Å². The molecule has 0 aliphatic carbocycles. The molecule has 0 spiro atoms. The average Bonchev–Trinajstić information content (AvgIpc) is 2.28. The van der Waals surface area contributed by atoms with E-state index >= 15 is 0 Å². The van der Waals surface area contributed by atoms with Gasteiger partial charge in [-0.2, -0.15) is 0 Å². The highest BCUT2D eigenvalue weighted by molar-refractivity contribution is 5.38. The second-order valence-corrected chi connectivity index (χ2v) is 3.59. The number of rotatable bonds is 5. The second-order valence-electron chi connectivity index (χ2n) is 3.59. The molecule has 0 fully saturated rings. The van der Waals surface area contributed by atoms with Gasteiger partial charge in [-0.15, -0.1) is 0 Å². The maximum Gasteiger partial charge on any atom is 0.122 e. The zero-order chi connectivity index (χ0) is 11.3. The fourth-order valence-corrected chi connectivity index (χ4v) is 1.43. The second kappa shape index (κ2) is 5.61. The normalized spacial score (nSPS) is 12.3. The molecule has 1 rings (SSSR count). The summed E-state index contributed by atoms with van der Waals surface area (Å²) in [7, 11) is 3.30. The Morgan fingerprint density at radius 3 is 2.07 bits per heavy atom. The highest BCUT2D eigenvalue weighted by atomic mass is 16.5. The summed E-state index contributed by atoms with van der Waals surface area (Å²) >= 11 is 0. The quantitative estimate of drug-likeness (QED) is 0.806. The first-order chi connectivity index (χ1) is 7.19. The minimum absolute atomic E-state index is 0.196. The lowest BCUT2D eigenvalue weighted by Gasteiger charge is -2.11. The topological polar surface area (TPSA) is 44.5 Å². The molecule has 1 atom stereocenters. The van der Waals surface area contributed by atoms with Crippen LogP contribution in [-0.2, 0) is 6.42 Å². The third-order valence-electron chi connectivity index (χ3n) is 2.43. The van der Waals surface area contributed by atoms with Gasteiger partial charge >= 0.3 is 0 Å². The van der Waals surface area contributed by atoms with Crippen molar-refractivity contribution >= 4 is 0 Å². The van der Waals surface area contributed by atoms with Gasteiger partial charge in [-0.3, -0.25) is 0 Å². The van der Waals surface area contributed by atoms with Crippen molar-refractivity contribution in [1.29, 1.82) is 0 Å². The van der Waals surface area contributed by atoms with Crippen LogP contribution in [-0.4, -0.2) is 20.3 Å². The van der Waals surface area contributed by atoms with Crippen LogP contribution in [0.15, 0.2) is 18.2 Å². The van der Waals surface area contributed by atoms with Crippen LogP contribution in [0.4, 0.5) is 0 Å². The molecule has 0 aromatic heterocycles. The smallest absolute Gasteiger partial charge is 0.122 e. The van der Waals surface area contributed by atoms with Crippen molar-refractivity contribution < 1.29 is 9.47 Å². The Bertz CT molecular complexity index is 290. The minimum Gasteiger partial charge on any atom is -0.497 e. The van der Waals surface area contributed by atoms with E-state index in [9.17, 15) is 0 Å². The van der Waals surface area contributed by atoms with Gasteiger partial charge in [0.15, 0.2) is 0 Å². The van der Waals surface area contributed by atoms with Gasteiger partial charge in [0.25, 0.3) is 0 Å². The number of hydrogen-bond donors (Lipinski definition) is 1. The molecule has 0 radical (unpaired) electrons. The van der Waals surface area contributed by atoms with Crippen LogP contribution in [0.2, 0.25) is 0 Å². The zero-order valence-corrected chi connectivity index (χ0v) is 9.62. The maximum atomic E-state index is 5.91. The molecule has 0 aliphatic rings. The highest BCUT2D eigenvalue weighted by Crippen LogP contribution is 2.23. The number of ether oxygens (including phenoxy) is 2. The lowest BCUT2D eigenvalue weighted by molar-refractivity contribution is 0.393. The van der Waals surface area contributed by atoms with Crippen LogP contribution in [0.25, 0.3) is 0 Å². The number of nitrogens with two attached hydrogens (primary N) is 1. The van der Waals surface area contributed by atoms with Crippen LogP contribution in [0.5, 0.6) is 11.5 Å². The summed E-state index contributed by atoms with van der Waals surface area (Å²) in [5.41, 5.74) is 7.06. The van der Waals surface area contributed by atoms with Gasteiger partial charge in [-0.05, 0) is 30.5 Å². The van der Waals surface area contributed by atoms with Crippen LogP contribution in [0, 0.1) is 0 Å². The fourth-order valence-electron chi connectivity index (χ4n) is 1.43. The van der Waals surface area contributed by atoms with Gasteiger partial charge in [-0.1, -0.05) is 6.92 Å². The molecule has 1 aromatic carbocycles. The molecule has 3 heteroatoms. The van der Waals surface area contributed by atoms with Crippen LogP contribution in [0.3, 0.4) is 0 Å². The Morgan fingerprint density at radius 2 is 1.67 bits per heavy atom. The first-order valence-electron chi connectivity index (χ1n) is 5.17. The molecular formula is C12H19NO2. The van der Waals surface area contributed by atoms with E-state index in [0.717, 1.165) is 29.9 Å². The van der Waals surface area contributed by atoms with E-state index in [4.69, 9.17) is 15.2 Å². The molecule has 0 heterocycles. The van der Waals surface area contributed by atoms with Gasteiger partial charge in [-0.25, -0.2) is 0 Å². The monoisotopic (exact) mass is 209 g/mol. The summed E-state index contributed by atoms with van der Waals surface area (Å²) in [5, 5.41) is 0. The molecule has 1 aromatic rings. The van der Waals surface area contributed by atoms with E-state index in [1.807, 2.05) is 18.2 Å². The van der Waals surface area contributed by atoms with Gasteiger partial charge in [0.05, 0.1) is 14.2 Å². The molecule has 0 saturated heterocycles. The third kappa shape index (κ3) is 3.44.